The number of nitrogens with zero attached hydrogens (tertiary/aromatic N) is 1. The van der Waals surface area contributed by atoms with Crippen molar-refractivity contribution in [2.24, 2.45) is 0 Å². The van der Waals surface area contributed by atoms with Gasteiger partial charge < -0.3 is 14.4 Å². The molecule has 5 heteroatoms. The zero-order valence-electron chi connectivity index (χ0n) is 14.6. The topological polar surface area (TPSA) is 55.8 Å². The quantitative estimate of drug-likeness (QED) is 0.803. The molecule has 25 heavy (non-hydrogen) atoms. The molecule has 2 aromatic carbocycles. The van der Waals surface area contributed by atoms with E-state index in [1.54, 1.807) is 11.0 Å². The van der Waals surface area contributed by atoms with E-state index in [9.17, 15) is 9.59 Å². The van der Waals surface area contributed by atoms with Crippen LogP contribution in [0, 0.1) is 13.8 Å². The number of hydrogen-bond donors (Lipinski definition) is 0. The van der Waals surface area contributed by atoms with Gasteiger partial charge in [0.2, 0.25) is 0 Å². The fourth-order valence-corrected chi connectivity index (χ4v) is 3.00. The maximum absolute atomic E-state index is 12.9. The summed E-state index contributed by atoms with van der Waals surface area (Å²) in [5, 5.41) is 0. The molecule has 1 amide bonds. The summed E-state index contributed by atoms with van der Waals surface area (Å²) in [6.07, 6.45) is -0.972. The number of rotatable bonds is 4. The van der Waals surface area contributed by atoms with Crippen LogP contribution < -0.4 is 9.64 Å². The molecule has 0 radical (unpaired) electrons. The molecule has 130 valence electrons. The number of carbonyl (C=O) groups is 2. The van der Waals surface area contributed by atoms with E-state index in [2.05, 4.69) is 10.8 Å². The van der Waals surface area contributed by atoms with Crippen molar-refractivity contribution in [2.45, 2.75) is 32.9 Å². The summed E-state index contributed by atoms with van der Waals surface area (Å²) in [7, 11) is 1.30. The first kappa shape index (κ1) is 17.0. The molecular formula is C20H21NO4. The zero-order chi connectivity index (χ0) is 18.0. The molecule has 0 spiro atoms. The Hall–Kier alpha value is -2.82. The average molecular weight is 339 g/mol. The first-order valence-corrected chi connectivity index (χ1v) is 8.19. The van der Waals surface area contributed by atoms with Gasteiger partial charge in [0.05, 0.1) is 25.8 Å². The Bertz CT molecular complexity index is 815. The molecule has 1 atom stereocenters. The number of para-hydroxylation sites is 2. The van der Waals surface area contributed by atoms with E-state index in [-0.39, 0.29) is 12.3 Å². The van der Waals surface area contributed by atoms with Gasteiger partial charge in [-0.1, -0.05) is 35.9 Å². The van der Waals surface area contributed by atoms with E-state index in [0.717, 1.165) is 11.1 Å². The van der Waals surface area contributed by atoms with Gasteiger partial charge in [0, 0.05) is 0 Å². The van der Waals surface area contributed by atoms with Crippen molar-refractivity contribution >= 4 is 17.6 Å². The lowest BCUT2D eigenvalue weighted by atomic mass is 10.0. The van der Waals surface area contributed by atoms with Gasteiger partial charge in [-0.25, -0.2) is 0 Å². The fourth-order valence-electron chi connectivity index (χ4n) is 3.00. The Labute approximate surface area is 147 Å². The van der Waals surface area contributed by atoms with Gasteiger partial charge in [0.25, 0.3) is 5.91 Å². The predicted octanol–water partition coefficient (Wildman–Crippen LogP) is 3.16. The first-order valence-electron chi connectivity index (χ1n) is 8.19. The van der Waals surface area contributed by atoms with Crippen LogP contribution in [-0.2, 0) is 20.9 Å². The van der Waals surface area contributed by atoms with Crippen LogP contribution in [0.3, 0.4) is 0 Å². The van der Waals surface area contributed by atoms with E-state index < -0.39 is 12.1 Å². The number of hydrogen-bond acceptors (Lipinski definition) is 4. The highest BCUT2D eigenvalue weighted by Crippen LogP contribution is 2.35. The van der Waals surface area contributed by atoms with Crippen molar-refractivity contribution in [3.63, 3.8) is 0 Å². The van der Waals surface area contributed by atoms with Crippen molar-refractivity contribution < 1.29 is 19.1 Å². The maximum Gasteiger partial charge on any atom is 0.309 e. The van der Waals surface area contributed by atoms with Gasteiger partial charge in [0.15, 0.2) is 6.10 Å². The summed E-state index contributed by atoms with van der Waals surface area (Å²) in [5.41, 5.74) is 4.08. The Morgan fingerprint density at radius 1 is 1.20 bits per heavy atom. The van der Waals surface area contributed by atoms with Crippen molar-refractivity contribution in [2.75, 3.05) is 12.0 Å². The predicted molar refractivity (Wildman–Crippen MR) is 94.6 cm³/mol. The fraction of sp³-hybridized carbons (Fsp3) is 0.300. The molecule has 1 aliphatic rings. The van der Waals surface area contributed by atoms with E-state index in [4.69, 9.17) is 4.74 Å². The molecule has 2 aromatic rings. The summed E-state index contributed by atoms with van der Waals surface area (Å²) >= 11 is 0. The molecule has 0 bridgehead atoms. The summed E-state index contributed by atoms with van der Waals surface area (Å²) in [6, 6.07) is 13.5. The summed E-state index contributed by atoms with van der Waals surface area (Å²) in [6.45, 7) is 4.51. The molecule has 0 fully saturated rings. The summed E-state index contributed by atoms with van der Waals surface area (Å²) in [4.78, 5) is 26.2. The van der Waals surface area contributed by atoms with E-state index in [1.807, 2.05) is 44.2 Å². The normalized spacial score (nSPS) is 16.2. The van der Waals surface area contributed by atoms with Crippen LogP contribution in [-0.4, -0.2) is 25.1 Å². The Morgan fingerprint density at radius 3 is 2.68 bits per heavy atom. The standard InChI is InChI=1S/C20H21NO4/c1-13-8-9-15(14(2)10-13)12-21-16-6-4-5-7-17(16)25-18(20(21)23)11-19(22)24-3/h4-10,18H,11-12H2,1-3H3/t18-/m0/s1. The van der Waals surface area contributed by atoms with Gasteiger partial charge in [0.1, 0.15) is 5.75 Å². The van der Waals surface area contributed by atoms with Crippen LogP contribution in [0.2, 0.25) is 0 Å². The summed E-state index contributed by atoms with van der Waals surface area (Å²) in [5.74, 6) is -0.103. The first-order chi connectivity index (χ1) is 12.0. The molecular weight excluding hydrogens is 318 g/mol. The number of ether oxygens (including phenoxy) is 2. The summed E-state index contributed by atoms with van der Waals surface area (Å²) < 4.78 is 10.4. The highest BCUT2D eigenvalue weighted by Gasteiger charge is 2.36. The second-order valence-corrected chi connectivity index (χ2v) is 6.21. The van der Waals surface area contributed by atoms with Crippen LogP contribution in [0.1, 0.15) is 23.1 Å². The van der Waals surface area contributed by atoms with Crippen molar-refractivity contribution in [3.8, 4) is 5.75 Å². The van der Waals surface area contributed by atoms with Gasteiger partial charge >= 0.3 is 5.97 Å². The van der Waals surface area contributed by atoms with E-state index in [1.165, 1.54) is 12.7 Å². The number of aryl methyl sites for hydroxylation is 2. The van der Waals surface area contributed by atoms with Crippen molar-refractivity contribution in [1.29, 1.82) is 0 Å². The van der Waals surface area contributed by atoms with E-state index in [0.29, 0.717) is 18.0 Å². The van der Waals surface area contributed by atoms with Crippen LogP contribution in [0.25, 0.3) is 0 Å². The smallest absolute Gasteiger partial charge is 0.309 e. The molecule has 3 rings (SSSR count). The Balaban J connectivity index is 1.94. The molecule has 0 unspecified atom stereocenters. The third-order valence-electron chi connectivity index (χ3n) is 4.37. The lowest BCUT2D eigenvalue weighted by Gasteiger charge is -2.34. The molecule has 0 saturated heterocycles. The molecule has 1 aliphatic heterocycles. The highest BCUT2D eigenvalue weighted by atomic mass is 16.5. The Morgan fingerprint density at radius 2 is 1.96 bits per heavy atom. The van der Waals surface area contributed by atoms with Crippen molar-refractivity contribution in [1.82, 2.24) is 0 Å². The third kappa shape index (κ3) is 3.50. The number of esters is 1. The number of carbonyl (C=O) groups excluding carboxylic acids is 2. The largest absolute Gasteiger partial charge is 0.478 e. The minimum atomic E-state index is -0.867. The van der Waals surface area contributed by atoms with Crippen LogP contribution >= 0.6 is 0 Å². The lowest BCUT2D eigenvalue weighted by Crippen LogP contribution is -2.46. The number of anilines is 1. The van der Waals surface area contributed by atoms with Crippen molar-refractivity contribution in [3.05, 3.63) is 59.2 Å². The minimum Gasteiger partial charge on any atom is -0.478 e. The highest BCUT2D eigenvalue weighted by molar-refractivity contribution is 6.01. The van der Waals surface area contributed by atoms with Gasteiger partial charge in [-0.2, -0.15) is 0 Å². The van der Waals surface area contributed by atoms with Gasteiger partial charge in [-0.05, 0) is 37.1 Å². The van der Waals surface area contributed by atoms with E-state index >= 15 is 0 Å². The molecule has 0 aliphatic carbocycles. The molecule has 0 saturated carbocycles. The minimum absolute atomic E-state index is 0.104. The molecule has 0 aromatic heterocycles. The zero-order valence-corrected chi connectivity index (χ0v) is 14.6. The van der Waals surface area contributed by atoms with Crippen LogP contribution in [0.5, 0.6) is 5.75 Å². The van der Waals surface area contributed by atoms with Crippen LogP contribution in [0.4, 0.5) is 5.69 Å². The molecule has 0 N–H and O–H groups in total. The van der Waals surface area contributed by atoms with Gasteiger partial charge in [-0.3, -0.25) is 9.59 Å². The SMILES string of the molecule is COC(=O)C[C@@H]1Oc2ccccc2N(Cc2ccc(C)cc2C)C1=O. The maximum atomic E-state index is 12.9. The number of benzene rings is 2. The monoisotopic (exact) mass is 339 g/mol. The van der Waals surface area contributed by atoms with Gasteiger partial charge in [-0.15, -0.1) is 0 Å². The number of fused-ring (bicyclic) bond motifs is 1. The number of amides is 1. The third-order valence-corrected chi connectivity index (χ3v) is 4.37. The molecule has 1 heterocycles. The number of methoxy groups -OCH3 is 1. The molecule has 5 nitrogen and oxygen atoms in total. The average Bonchev–Trinajstić information content (AvgIpc) is 2.60. The van der Waals surface area contributed by atoms with Crippen LogP contribution in [0.15, 0.2) is 42.5 Å². The lowest BCUT2D eigenvalue weighted by molar-refractivity contribution is -0.145. The Kier molecular flexibility index (Phi) is 4.74. The second-order valence-electron chi connectivity index (χ2n) is 6.21. The second kappa shape index (κ2) is 6.97.